The summed E-state index contributed by atoms with van der Waals surface area (Å²) < 4.78 is 4.77. The molecule has 0 aliphatic heterocycles. The Balaban J connectivity index is 2.67. The predicted molar refractivity (Wildman–Crippen MR) is 52.2 cm³/mol. The Labute approximate surface area is 82.5 Å². The standard InChI is InChI=1S/C9H13N3O2/c1-3-10-8-6-5-7(11-12-8)9(13)14-4-2/h5-6H,3-4H2,1-2H3,(H,10,12). The van der Waals surface area contributed by atoms with E-state index < -0.39 is 5.97 Å². The van der Waals surface area contributed by atoms with Gasteiger partial charge in [0.25, 0.3) is 0 Å². The van der Waals surface area contributed by atoms with Crippen LogP contribution in [0.4, 0.5) is 5.82 Å². The zero-order valence-electron chi connectivity index (χ0n) is 8.28. The molecule has 0 atom stereocenters. The molecule has 0 spiro atoms. The number of hydrogen-bond acceptors (Lipinski definition) is 5. The van der Waals surface area contributed by atoms with E-state index in [4.69, 9.17) is 4.74 Å². The Kier molecular flexibility index (Phi) is 3.84. The van der Waals surface area contributed by atoms with Gasteiger partial charge in [-0.2, -0.15) is 0 Å². The molecule has 0 bridgehead atoms. The van der Waals surface area contributed by atoms with Crippen molar-refractivity contribution >= 4 is 11.8 Å². The van der Waals surface area contributed by atoms with Gasteiger partial charge in [-0.15, -0.1) is 10.2 Å². The second kappa shape index (κ2) is 5.16. The molecular formula is C9H13N3O2. The fourth-order valence-corrected chi connectivity index (χ4v) is 0.922. The number of ether oxygens (including phenoxy) is 1. The number of rotatable bonds is 4. The van der Waals surface area contributed by atoms with E-state index in [1.165, 1.54) is 0 Å². The van der Waals surface area contributed by atoms with Crippen LogP contribution in [0, 0.1) is 0 Å². The van der Waals surface area contributed by atoms with Crippen LogP contribution >= 0.6 is 0 Å². The second-order valence-corrected chi connectivity index (χ2v) is 2.55. The zero-order valence-corrected chi connectivity index (χ0v) is 8.28. The summed E-state index contributed by atoms with van der Waals surface area (Å²) in [4.78, 5) is 11.2. The van der Waals surface area contributed by atoms with Crippen molar-refractivity contribution in [3.8, 4) is 0 Å². The summed E-state index contributed by atoms with van der Waals surface area (Å²) in [5.41, 5.74) is 0.230. The van der Waals surface area contributed by atoms with Gasteiger partial charge in [0.05, 0.1) is 6.61 Å². The molecule has 5 heteroatoms. The normalized spacial score (nSPS) is 9.57. The maximum atomic E-state index is 11.2. The Bertz CT molecular complexity index is 297. The lowest BCUT2D eigenvalue weighted by Gasteiger charge is -2.02. The number of carbonyl (C=O) groups excluding carboxylic acids is 1. The van der Waals surface area contributed by atoms with E-state index in [9.17, 15) is 4.79 Å². The van der Waals surface area contributed by atoms with Gasteiger partial charge >= 0.3 is 5.97 Å². The number of hydrogen-bond donors (Lipinski definition) is 1. The number of nitrogens with zero attached hydrogens (tertiary/aromatic N) is 2. The molecule has 0 fully saturated rings. The summed E-state index contributed by atoms with van der Waals surface area (Å²) in [6, 6.07) is 3.28. The summed E-state index contributed by atoms with van der Waals surface area (Å²) in [7, 11) is 0. The fourth-order valence-electron chi connectivity index (χ4n) is 0.922. The molecule has 0 saturated carbocycles. The largest absolute Gasteiger partial charge is 0.461 e. The Morgan fingerprint density at radius 3 is 2.71 bits per heavy atom. The van der Waals surface area contributed by atoms with Gasteiger partial charge in [-0.3, -0.25) is 0 Å². The lowest BCUT2D eigenvalue weighted by molar-refractivity contribution is 0.0518. The third kappa shape index (κ3) is 2.69. The molecule has 0 aliphatic rings. The maximum absolute atomic E-state index is 11.2. The summed E-state index contributed by atoms with van der Waals surface area (Å²) >= 11 is 0. The molecule has 5 nitrogen and oxygen atoms in total. The number of esters is 1. The third-order valence-corrected chi connectivity index (χ3v) is 1.51. The summed E-state index contributed by atoms with van der Waals surface area (Å²) in [6.07, 6.45) is 0. The highest BCUT2D eigenvalue weighted by atomic mass is 16.5. The van der Waals surface area contributed by atoms with Crippen molar-refractivity contribution in [2.24, 2.45) is 0 Å². The lowest BCUT2D eigenvalue weighted by atomic mass is 10.4. The molecule has 1 rings (SSSR count). The van der Waals surface area contributed by atoms with E-state index in [2.05, 4.69) is 15.5 Å². The first kappa shape index (κ1) is 10.4. The second-order valence-electron chi connectivity index (χ2n) is 2.55. The fraction of sp³-hybridized carbons (Fsp3) is 0.444. The summed E-state index contributed by atoms with van der Waals surface area (Å²) in [5.74, 6) is 0.212. The monoisotopic (exact) mass is 195 g/mol. The molecule has 0 unspecified atom stereocenters. The van der Waals surface area contributed by atoms with E-state index in [-0.39, 0.29) is 5.69 Å². The molecule has 0 aliphatic carbocycles. The van der Waals surface area contributed by atoms with Crippen LogP contribution in [0.5, 0.6) is 0 Å². The van der Waals surface area contributed by atoms with Gasteiger partial charge in [0.2, 0.25) is 0 Å². The van der Waals surface area contributed by atoms with Crippen LogP contribution < -0.4 is 5.32 Å². The van der Waals surface area contributed by atoms with Gasteiger partial charge in [0.15, 0.2) is 5.69 Å². The highest BCUT2D eigenvalue weighted by molar-refractivity contribution is 5.87. The quantitative estimate of drug-likeness (QED) is 0.728. The molecule has 1 aromatic rings. The average molecular weight is 195 g/mol. The average Bonchev–Trinajstić information content (AvgIpc) is 2.20. The highest BCUT2D eigenvalue weighted by Crippen LogP contribution is 2.02. The molecule has 0 aromatic carbocycles. The van der Waals surface area contributed by atoms with Crippen LogP contribution in [0.2, 0.25) is 0 Å². The van der Waals surface area contributed by atoms with Crippen molar-refractivity contribution in [3.63, 3.8) is 0 Å². The zero-order chi connectivity index (χ0) is 10.4. The van der Waals surface area contributed by atoms with Crippen molar-refractivity contribution in [2.75, 3.05) is 18.5 Å². The van der Waals surface area contributed by atoms with Gasteiger partial charge in [0, 0.05) is 6.54 Å². The van der Waals surface area contributed by atoms with Crippen LogP contribution in [-0.2, 0) is 4.74 Å². The molecule has 1 aromatic heterocycles. The van der Waals surface area contributed by atoms with Crippen molar-refractivity contribution in [3.05, 3.63) is 17.8 Å². The number of aromatic nitrogens is 2. The van der Waals surface area contributed by atoms with E-state index in [0.717, 1.165) is 6.54 Å². The smallest absolute Gasteiger partial charge is 0.358 e. The van der Waals surface area contributed by atoms with Crippen LogP contribution in [0.3, 0.4) is 0 Å². The summed E-state index contributed by atoms with van der Waals surface area (Å²) in [6.45, 7) is 4.82. The highest BCUT2D eigenvalue weighted by Gasteiger charge is 2.07. The first-order valence-electron chi connectivity index (χ1n) is 4.52. The van der Waals surface area contributed by atoms with Gasteiger partial charge < -0.3 is 10.1 Å². The molecule has 14 heavy (non-hydrogen) atoms. The van der Waals surface area contributed by atoms with Crippen molar-refractivity contribution in [2.45, 2.75) is 13.8 Å². The van der Waals surface area contributed by atoms with Crippen LogP contribution in [0.15, 0.2) is 12.1 Å². The van der Waals surface area contributed by atoms with Gasteiger partial charge in [-0.25, -0.2) is 4.79 Å². The molecular weight excluding hydrogens is 182 g/mol. The van der Waals surface area contributed by atoms with E-state index in [0.29, 0.717) is 12.4 Å². The number of anilines is 1. The first-order valence-corrected chi connectivity index (χ1v) is 4.52. The van der Waals surface area contributed by atoms with Gasteiger partial charge in [0.1, 0.15) is 5.82 Å². The first-order chi connectivity index (χ1) is 6.77. The lowest BCUT2D eigenvalue weighted by Crippen LogP contribution is -2.09. The molecule has 76 valence electrons. The minimum atomic E-state index is -0.442. The van der Waals surface area contributed by atoms with E-state index in [1.54, 1.807) is 19.1 Å². The minimum absolute atomic E-state index is 0.230. The van der Waals surface area contributed by atoms with Crippen molar-refractivity contribution in [1.82, 2.24) is 10.2 Å². The Morgan fingerprint density at radius 1 is 1.43 bits per heavy atom. The molecule has 0 saturated heterocycles. The predicted octanol–water partition coefficient (Wildman–Crippen LogP) is 1.09. The Morgan fingerprint density at radius 2 is 2.21 bits per heavy atom. The van der Waals surface area contributed by atoms with Crippen molar-refractivity contribution < 1.29 is 9.53 Å². The van der Waals surface area contributed by atoms with Crippen molar-refractivity contribution in [1.29, 1.82) is 0 Å². The number of carbonyl (C=O) groups is 1. The minimum Gasteiger partial charge on any atom is -0.461 e. The molecule has 0 amide bonds. The summed E-state index contributed by atoms with van der Waals surface area (Å²) in [5, 5.41) is 10.5. The topological polar surface area (TPSA) is 64.1 Å². The van der Waals surface area contributed by atoms with Crippen LogP contribution in [0.1, 0.15) is 24.3 Å². The van der Waals surface area contributed by atoms with Gasteiger partial charge in [-0.05, 0) is 26.0 Å². The van der Waals surface area contributed by atoms with Gasteiger partial charge in [-0.1, -0.05) is 0 Å². The third-order valence-electron chi connectivity index (χ3n) is 1.51. The number of nitrogens with one attached hydrogen (secondary N) is 1. The molecule has 1 N–H and O–H groups in total. The molecule has 1 heterocycles. The SMILES string of the molecule is CCNc1ccc(C(=O)OCC)nn1. The van der Waals surface area contributed by atoms with E-state index >= 15 is 0 Å². The molecule has 0 radical (unpaired) electrons. The van der Waals surface area contributed by atoms with Crippen LogP contribution in [0.25, 0.3) is 0 Å². The maximum Gasteiger partial charge on any atom is 0.358 e. The Hall–Kier alpha value is -1.65. The van der Waals surface area contributed by atoms with Crippen LogP contribution in [-0.4, -0.2) is 29.3 Å². The van der Waals surface area contributed by atoms with E-state index in [1.807, 2.05) is 6.92 Å².